The number of hydrogen-bond donors (Lipinski definition) is 0. The van der Waals surface area contributed by atoms with Crippen LogP contribution in [0.15, 0.2) is 71.8 Å². The lowest BCUT2D eigenvalue weighted by Crippen LogP contribution is -2.13. The van der Waals surface area contributed by atoms with Crippen molar-refractivity contribution >= 4 is 21.0 Å². The van der Waals surface area contributed by atoms with Crippen molar-refractivity contribution in [3.63, 3.8) is 0 Å². The van der Waals surface area contributed by atoms with Gasteiger partial charge in [-0.15, -0.1) is 0 Å². The van der Waals surface area contributed by atoms with E-state index >= 15 is 0 Å². The maximum atomic E-state index is 13.1. The van der Waals surface area contributed by atoms with Gasteiger partial charge in [0, 0.05) is 17.6 Å². The fourth-order valence-electron chi connectivity index (χ4n) is 3.03. The highest BCUT2D eigenvalue weighted by molar-refractivity contribution is 7.87. The summed E-state index contributed by atoms with van der Waals surface area (Å²) in [7, 11) is -4.11. The molecule has 4 rings (SSSR count). The summed E-state index contributed by atoms with van der Waals surface area (Å²) in [6.07, 6.45) is 1.56. The minimum atomic E-state index is -4.11. The summed E-state index contributed by atoms with van der Waals surface area (Å²) in [5, 5.41) is 5.29. The van der Waals surface area contributed by atoms with Gasteiger partial charge >= 0.3 is 10.1 Å². The van der Waals surface area contributed by atoms with E-state index in [1.54, 1.807) is 24.4 Å². The number of aromatic nitrogens is 3. The highest BCUT2D eigenvalue weighted by atomic mass is 32.2. The van der Waals surface area contributed by atoms with Gasteiger partial charge in [0.15, 0.2) is 0 Å². The second kappa shape index (κ2) is 7.33. The molecule has 0 spiro atoms. The standard InChI is InChI=1S/C22H21N3O3S/c1-15(2)19-14-21(25(24-19)18-11-9-16(3)10-12-18)28-29(26,27)20-8-4-6-17-7-5-13-23-22(17)20/h4-15H,1-3H3. The maximum Gasteiger partial charge on any atom is 0.342 e. The van der Waals surface area contributed by atoms with Crippen LogP contribution in [0.1, 0.15) is 31.0 Å². The molecule has 148 valence electrons. The number of nitrogens with zero attached hydrogens (tertiary/aromatic N) is 3. The van der Waals surface area contributed by atoms with E-state index in [9.17, 15) is 8.42 Å². The van der Waals surface area contributed by atoms with Crippen molar-refractivity contribution in [1.82, 2.24) is 14.8 Å². The zero-order valence-corrected chi connectivity index (χ0v) is 17.2. The molecule has 2 aromatic carbocycles. The molecule has 0 fully saturated rings. The second-order valence-electron chi connectivity index (χ2n) is 7.18. The van der Waals surface area contributed by atoms with E-state index in [1.807, 2.05) is 57.2 Å². The minimum absolute atomic E-state index is 0.0263. The number of fused-ring (bicyclic) bond motifs is 1. The van der Waals surface area contributed by atoms with Gasteiger partial charge in [-0.05, 0) is 37.1 Å². The molecular formula is C22H21N3O3S. The Labute approximate surface area is 169 Å². The van der Waals surface area contributed by atoms with Crippen LogP contribution in [-0.4, -0.2) is 23.2 Å². The molecule has 0 aliphatic carbocycles. The van der Waals surface area contributed by atoms with E-state index in [-0.39, 0.29) is 16.7 Å². The summed E-state index contributed by atoms with van der Waals surface area (Å²) < 4.78 is 33.4. The quantitative estimate of drug-likeness (QED) is 0.451. The third-order valence-electron chi connectivity index (χ3n) is 4.63. The van der Waals surface area contributed by atoms with Gasteiger partial charge in [-0.2, -0.15) is 18.2 Å². The Kier molecular flexibility index (Phi) is 4.84. The largest absolute Gasteiger partial charge is 0.358 e. The van der Waals surface area contributed by atoms with Crippen LogP contribution in [-0.2, 0) is 10.1 Å². The zero-order valence-electron chi connectivity index (χ0n) is 16.4. The summed E-state index contributed by atoms with van der Waals surface area (Å²) in [6.45, 7) is 5.98. The van der Waals surface area contributed by atoms with Gasteiger partial charge in [-0.25, -0.2) is 0 Å². The van der Waals surface area contributed by atoms with Crippen LogP contribution in [0, 0.1) is 6.92 Å². The van der Waals surface area contributed by atoms with Crippen LogP contribution in [0.5, 0.6) is 5.88 Å². The van der Waals surface area contributed by atoms with Crippen LogP contribution in [0.4, 0.5) is 0 Å². The molecule has 0 atom stereocenters. The molecule has 0 saturated carbocycles. The Morgan fingerprint density at radius 3 is 2.45 bits per heavy atom. The van der Waals surface area contributed by atoms with Crippen LogP contribution in [0.25, 0.3) is 16.6 Å². The molecule has 0 unspecified atom stereocenters. The first-order valence-electron chi connectivity index (χ1n) is 9.30. The molecule has 0 aliphatic heterocycles. The monoisotopic (exact) mass is 407 g/mol. The number of hydrogen-bond acceptors (Lipinski definition) is 5. The molecule has 0 saturated heterocycles. The number of benzene rings is 2. The molecule has 0 amide bonds. The fraction of sp³-hybridized carbons (Fsp3) is 0.182. The van der Waals surface area contributed by atoms with E-state index in [2.05, 4.69) is 10.1 Å². The first kappa shape index (κ1) is 19.1. The van der Waals surface area contributed by atoms with Crippen LogP contribution < -0.4 is 4.18 Å². The summed E-state index contributed by atoms with van der Waals surface area (Å²) in [5.74, 6) is 0.261. The lowest BCUT2D eigenvalue weighted by Gasteiger charge is -2.11. The van der Waals surface area contributed by atoms with E-state index < -0.39 is 10.1 Å². The van der Waals surface area contributed by atoms with Crippen LogP contribution >= 0.6 is 0 Å². The Hall–Kier alpha value is -3.19. The van der Waals surface area contributed by atoms with Crippen molar-refractivity contribution in [2.45, 2.75) is 31.6 Å². The smallest absolute Gasteiger partial charge is 0.342 e. The number of rotatable bonds is 5. The van der Waals surface area contributed by atoms with Gasteiger partial charge in [0.05, 0.1) is 16.9 Å². The minimum Gasteiger partial charge on any atom is -0.358 e. The molecule has 29 heavy (non-hydrogen) atoms. The normalized spacial score (nSPS) is 11.9. The third-order valence-corrected chi connectivity index (χ3v) is 5.88. The van der Waals surface area contributed by atoms with Crippen molar-refractivity contribution in [3.8, 4) is 11.6 Å². The van der Waals surface area contributed by atoms with Crippen molar-refractivity contribution in [2.75, 3.05) is 0 Å². The average molecular weight is 407 g/mol. The van der Waals surface area contributed by atoms with Gasteiger partial charge in [0.25, 0.3) is 0 Å². The number of para-hydroxylation sites is 1. The Morgan fingerprint density at radius 2 is 1.72 bits per heavy atom. The molecule has 7 heteroatoms. The van der Waals surface area contributed by atoms with E-state index in [0.29, 0.717) is 5.52 Å². The lowest BCUT2D eigenvalue weighted by atomic mass is 10.1. The van der Waals surface area contributed by atoms with Gasteiger partial charge in [-0.3, -0.25) is 4.98 Å². The van der Waals surface area contributed by atoms with Crippen molar-refractivity contribution in [1.29, 1.82) is 0 Å². The third kappa shape index (κ3) is 3.73. The van der Waals surface area contributed by atoms with Crippen LogP contribution in [0.2, 0.25) is 0 Å². The van der Waals surface area contributed by atoms with Gasteiger partial charge in [-0.1, -0.05) is 49.7 Å². The molecule has 0 radical (unpaired) electrons. The lowest BCUT2D eigenvalue weighted by molar-refractivity contribution is 0.465. The number of aryl methyl sites for hydroxylation is 1. The Morgan fingerprint density at radius 1 is 1.00 bits per heavy atom. The van der Waals surface area contributed by atoms with Crippen molar-refractivity contribution in [2.24, 2.45) is 0 Å². The predicted molar refractivity (Wildman–Crippen MR) is 112 cm³/mol. The fourth-order valence-corrected chi connectivity index (χ4v) is 4.11. The SMILES string of the molecule is Cc1ccc(-n2nc(C(C)C)cc2OS(=O)(=O)c2cccc3cccnc23)cc1. The molecule has 2 heterocycles. The summed E-state index contributed by atoms with van der Waals surface area (Å²) in [5.41, 5.74) is 2.94. The predicted octanol–water partition coefficient (Wildman–Crippen LogP) is 4.62. The average Bonchev–Trinajstić information content (AvgIpc) is 3.11. The first-order chi connectivity index (χ1) is 13.8. The molecule has 2 aromatic heterocycles. The molecule has 0 bridgehead atoms. The first-order valence-corrected chi connectivity index (χ1v) is 10.7. The molecule has 6 nitrogen and oxygen atoms in total. The molecule has 0 N–H and O–H groups in total. The summed E-state index contributed by atoms with van der Waals surface area (Å²) in [6, 6.07) is 17.9. The maximum absolute atomic E-state index is 13.1. The van der Waals surface area contributed by atoms with Crippen molar-refractivity contribution < 1.29 is 12.6 Å². The summed E-state index contributed by atoms with van der Waals surface area (Å²) >= 11 is 0. The van der Waals surface area contributed by atoms with E-state index in [4.69, 9.17) is 4.18 Å². The van der Waals surface area contributed by atoms with E-state index in [0.717, 1.165) is 22.3 Å². The number of pyridine rings is 1. The van der Waals surface area contributed by atoms with Gasteiger partial charge in [0.1, 0.15) is 4.90 Å². The second-order valence-corrected chi connectivity index (χ2v) is 8.69. The topological polar surface area (TPSA) is 74.1 Å². The zero-order chi connectivity index (χ0) is 20.6. The van der Waals surface area contributed by atoms with Gasteiger partial charge in [0.2, 0.25) is 5.88 Å². The Balaban J connectivity index is 1.81. The molecule has 4 aromatic rings. The molecule has 0 aliphatic rings. The summed E-state index contributed by atoms with van der Waals surface area (Å²) in [4.78, 5) is 4.26. The van der Waals surface area contributed by atoms with Crippen LogP contribution in [0.3, 0.4) is 0 Å². The highest BCUT2D eigenvalue weighted by Gasteiger charge is 2.24. The van der Waals surface area contributed by atoms with Crippen molar-refractivity contribution in [3.05, 3.63) is 78.1 Å². The molecular weight excluding hydrogens is 386 g/mol. The Bertz CT molecular complexity index is 1270. The van der Waals surface area contributed by atoms with E-state index in [1.165, 1.54) is 10.7 Å². The van der Waals surface area contributed by atoms with Gasteiger partial charge < -0.3 is 4.18 Å². The highest BCUT2D eigenvalue weighted by Crippen LogP contribution is 2.28.